The third kappa shape index (κ3) is 4.40. The molecule has 1 aliphatic heterocycles. The second kappa shape index (κ2) is 8.17. The molecule has 0 radical (unpaired) electrons. The van der Waals surface area contributed by atoms with Gasteiger partial charge < -0.3 is 19.4 Å². The van der Waals surface area contributed by atoms with E-state index >= 15 is 0 Å². The summed E-state index contributed by atoms with van der Waals surface area (Å²) in [6.45, 7) is 4.17. The number of carbonyl (C=O) groups excluding carboxylic acids is 1. The predicted octanol–water partition coefficient (Wildman–Crippen LogP) is 4.18. The number of alkyl halides is 3. The first-order valence-corrected chi connectivity index (χ1v) is 9.42. The van der Waals surface area contributed by atoms with E-state index in [-0.39, 0.29) is 18.2 Å². The molecule has 0 unspecified atom stereocenters. The smallest absolute Gasteiger partial charge is 0.492 e. The van der Waals surface area contributed by atoms with E-state index in [9.17, 15) is 18.0 Å². The van der Waals surface area contributed by atoms with Gasteiger partial charge in [-0.3, -0.25) is 4.79 Å². The van der Waals surface area contributed by atoms with Crippen LogP contribution in [0.1, 0.15) is 11.1 Å². The van der Waals surface area contributed by atoms with Crippen molar-refractivity contribution in [1.82, 2.24) is 14.9 Å². The Hall–Kier alpha value is -3.75. The van der Waals surface area contributed by atoms with E-state index in [1.54, 1.807) is 30.9 Å². The van der Waals surface area contributed by atoms with Crippen LogP contribution in [0.15, 0.2) is 61.7 Å². The lowest BCUT2D eigenvalue weighted by molar-refractivity contribution is -0.274. The number of nitrogens with zero attached hydrogens (tertiary/aromatic N) is 2. The Labute approximate surface area is 175 Å². The Morgan fingerprint density at radius 3 is 2.74 bits per heavy atom. The maximum absolute atomic E-state index is 12.5. The number of amides is 1. The van der Waals surface area contributed by atoms with E-state index in [0.717, 1.165) is 22.4 Å². The number of fused-ring (bicyclic) bond motifs is 1. The van der Waals surface area contributed by atoms with Crippen molar-refractivity contribution in [1.29, 1.82) is 0 Å². The molecule has 2 aromatic carbocycles. The number of rotatable bonds is 6. The minimum atomic E-state index is -4.76. The number of nitrogens with one attached hydrogen (secondary N) is 1. The lowest BCUT2D eigenvalue weighted by Gasteiger charge is -2.18. The van der Waals surface area contributed by atoms with Crippen LogP contribution in [0.4, 0.5) is 13.2 Å². The molecular formula is C22H18F3N3O3. The van der Waals surface area contributed by atoms with Gasteiger partial charge in [-0.1, -0.05) is 18.7 Å². The first kappa shape index (κ1) is 20.5. The van der Waals surface area contributed by atoms with Crippen molar-refractivity contribution >= 4 is 5.91 Å². The molecule has 1 aromatic heterocycles. The largest absolute Gasteiger partial charge is 0.573 e. The second-order valence-corrected chi connectivity index (χ2v) is 6.80. The third-order valence-electron chi connectivity index (χ3n) is 4.83. The van der Waals surface area contributed by atoms with E-state index in [1.807, 2.05) is 10.6 Å². The summed E-state index contributed by atoms with van der Waals surface area (Å²) in [6, 6.07) is 7.46. The minimum absolute atomic E-state index is 0.230. The van der Waals surface area contributed by atoms with E-state index in [0.29, 0.717) is 24.3 Å². The Bertz CT molecular complexity index is 1110. The van der Waals surface area contributed by atoms with Crippen LogP contribution in [0, 0.1) is 0 Å². The van der Waals surface area contributed by atoms with Crippen LogP contribution in [0.3, 0.4) is 0 Å². The van der Waals surface area contributed by atoms with Crippen molar-refractivity contribution in [3.8, 4) is 28.3 Å². The van der Waals surface area contributed by atoms with Gasteiger partial charge in [-0.15, -0.1) is 13.2 Å². The molecule has 31 heavy (non-hydrogen) atoms. The van der Waals surface area contributed by atoms with Crippen LogP contribution in [-0.2, 0) is 17.8 Å². The highest BCUT2D eigenvalue weighted by atomic mass is 19.4. The Balaban J connectivity index is 1.79. The summed E-state index contributed by atoms with van der Waals surface area (Å²) in [4.78, 5) is 15.9. The zero-order valence-corrected chi connectivity index (χ0v) is 16.3. The fourth-order valence-corrected chi connectivity index (χ4v) is 3.58. The highest BCUT2D eigenvalue weighted by Gasteiger charge is 2.31. The number of ether oxygens (including phenoxy) is 2. The van der Waals surface area contributed by atoms with Gasteiger partial charge in [-0.05, 0) is 35.4 Å². The van der Waals surface area contributed by atoms with Gasteiger partial charge in [0.2, 0.25) is 5.91 Å². The number of aromatic nitrogens is 2. The molecule has 0 saturated heterocycles. The van der Waals surface area contributed by atoms with E-state index in [4.69, 9.17) is 4.74 Å². The quantitative estimate of drug-likeness (QED) is 0.598. The molecule has 160 valence electrons. The highest BCUT2D eigenvalue weighted by molar-refractivity contribution is 5.87. The SMILES string of the molecule is C=CC(=O)NCc1cc(-c2ccc(OC(F)(F)F)cc2)c2c(c1-n1ccnc1)CCO2. The van der Waals surface area contributed by atoms with Gasteiger partial charge in [-0.25, -0.2) is 4.98 Å². The summed E-state index contributed by atoms with van der Waals surface area (Å²) >= 11 is 0. The van der Waals surface area contributed by atoms with E-state index < -0.39 is 6.36 Å². The van der Waals surface area contributed by atoms with E-state index in [2.05, 4.69) is 21.6 Å². The van der Waals surface area contributed by atoms with Crippen LogP contribution in [-0.4, -0.2) is 28.4 Å². The molecule has 9 heteroatoms. The molecule has 2 heterocycles. The van der Waals surface area contributed by atoms with Crippen LogP contribution in [0.5, 0.6) is 11.5 Å². The van der Waals surface area contributed by atoms with Crippen molar-refractivity contribution in [2.45, 2.75) is 19.3 Å². The van der Waals surface area contributed by atoms with Crippen molar-refractivity contribution in [2.75, 3.05) is 6.61 Å². The van der Waals surface area contributed by atoms with Crippen molar-refractivity contribution in [2.24, 2.45) is 0 Å². The van der Waals surface area contributed by atoms with Gasteiger partial charge in [-0.2, -0.15) is 0 Å². The van der Waals surface area contributed by atoms with E-state index in [1.165, 1.54) is 18.2 Å². The summed E-state index contributed by atoms with van der Waals surface area (Å²) in [5.41, 5.74) is 3.99. The lowest BCUT2D eigenvalue weighted by atomic mass is 9.95. The number of hydrogen-bond acceptors (Lipinski definition) is 4. The van der Waals surface area contributed by atoms with Gasteiger partial charge in [0.15, 0.2) is 0 Å². The summed E-state index contributed by atoms with van der Waals surface area (Å²) < 4.78 is 49.1. The number of benzene rings is 2. The third-order valence-corrected chi connectivity index (χ3v) is 4.83. The molecular weight excluding hydrogens is 411 g/mol. The van der Waals surface area contributed by atoms with Gasteiger partial charge in [0.25, 0.3) is 0 Å². The number of hydrogen-bond donors (Lipinski definition) is 1. The maximum Gasteiger partial charge on any atom is 0.573 e. The normalized spacial score (nSPS) is 12.7. The number of carbonyl (C=O) groups is 1. The highest BCUT2D eigenvalue weighted by Crippen LogP contribution is 2.42. The Morgan fingerprint density at radius 1 is 1.32 bits per heavy atom. The molecule has 0 bridgehead atoms. The number of halogens is 3. The standard InChI is InChI=1S/C22H18F3N3O3/c1-2-19(29)27-12-15-11-18(14-3-5-16(6-4-14)31-22(23,24)25)21-17(7-10-30-21)20(15)28-9-8-26-13-28/h2-6,8-9,11,13H,1,7,10,12H2,(H,27,29). The summed E-state index contributed by atoms with van der Waals surface area (Å²) in [5.74, 6) is 0.0397. The fourth-order valence-electron chi connectivity index (χ4n) is 3.58. The van der Waals surface area contributed by atoms with Crippen LogP contribution in [0.2, 0.25) is 0 Å². The van der Waals surface area contributed by atoms with Crippen LogP contribution in [0.25, 0.3) is 16.8 Å². The molecule has 0 aliphatic carbocycles. The van der Waals surface area contributed by atoms with Gasteiger partial charge >= 0.3 is 6.36 Å². The van der Waals surface area contributed by atoms with Crippen LogP contribution < -0.4 is 14.8 Å². The van der Waals surface area contributed by atoms with Crippen LogP contribution >= 0.6 is 0 Å². The van der Waals surface area contributed by atoms with Gasteiger partial charge in [0.05, 0.1) is 18.6 Å². The summed E-state index contributed by atoms with van der Waals surface area (Å²) in [5, 5.41) is 2.78. The van der Waals surface area contributed by atoms with Crippen molar-refractivity contribution < 1.29 is 27.4 Å². The van der Waals surface area contributed by atoms with Crippen molar-refractivity contribution in [3.63, 3.8) is 0 Å². The Morgan fingerprint density at radius 2 is 2.10 bits per heavy atom. The summed E-state index contributed by atoms with van der Waals surface area (Å²) in [6.07, 6.45) is 2.20. The zero-order chi connectivity index (χ0) is 22.0. The Kier molecular flexibility index (Phi) is 5.41. The molecule has 0 spiro atoms. The molecule has 0 atom stereocenters. The fraction of sp³-hybridized carbons (Fsp3) is 0.182. The first-order chi connectivity index (χ1) is 14.9. The van der Waals surface area contributed by atoms with Gasteiger partial charge in [0.1, 0.15) is 11.5 Å². The molecule has 0 saturated carbocycles. The molecule has 1 N–H and O–H groups in total. The monoisotopic (exact) mass is 429 g/mol. The molecule has 4 rings (SSSR count). The molecule has 3 aromatic rings. The molecule has 1 aliphatic rings. The summed E-state index contributed by atoms with van der Waals surface area (Å²) in [7, 11) is 0. The molecule has 6 nitrogen and oxygen atoms in total. The number of imidazole rings is 1. The minimum Gasteiger partial charge on any atom is -0.492 e. The average Bonchev–Trinajstić information content (AvgIpc) is 3.43. The van der Waals surface area contributed by atoms with Crippen molar-refractivity contribution in [3.05, 3.63) is 72.8 Å². The zero-order valence-electron chi connectivity index (χ0n) is 16.3. The average molecular weight is 429 g/mol. The maximum atomic E-state index is 12.5. The topological polar surface area (TPSA) is 65.4 Å². The van der Waals surface area contributed by atoms with Gasteiger partial charge in [0, 0.05) is 36.5 Å². The molecule has 1 amide bonds. The second-order valence-electron chi connectivity index (χ2n) is 6.80. The first-order valence-electron chi connectivity index (χ1n) is 9.42. The lowest BCUT2D eigenvalue weighted by Crippen LogP contribution is -2.21. The predicted molar refractivity (Wildman–Crippen MR) is 107 cm³/mol. The molecule has 0 fully saturated rings.